The summed E-state index contributed by atoms with van der Waals surface area (Å²) in [6.45, 7) is 5.93. The monoisotopic (exact) mass is 514 g/mol. The second kappa shape index (κ2) is 9.51. The standard InChI is InChI=1S/C16H21Br3O4/c1-4-16(2,3)15(21)23-8-11(20)7-22-9-12-13(18)5-10(17)6-14(12)19/h5-6,11,20H,4,7-9H2,1-3H3. The number of aliphatic hydroxyl groups is 1. The van der Waals surface area contributed by atoms with Crippen molar-refractivity contribution in [2.45, 2.75) is 39.9 Å². The van der Waals surface area contributed by atoms with Crippen LogP contribution < -0.4 is 0 Å². The first kappa shape index (κ1) is 21.1. The fourth-order valence-corrected chi connectivity index (χ4v) is 4.05. The maximum Gasteiger partial charge on any atom is 0.311 e. The van der Waals surface area contributed by atoms with Crippen LogP contribution in [0, 0.1) is 5.41 Å². The van der Waals surface area contributed by atoms with E-state index in [4.69, 9.17) is 9.47 Å². The lowest BCUT2D eigenvalue weighted by atomic mass is 9.91. The van der Waals surface area contributed by atoms with Crippen molar-refractivity contribution in [3.05, 3.63) is 31.1 Å². The maximum atomic E-state index is 11.8. The molecule has 0 fully saturated rings. The van der Waals surface area contributed by atoms with E-state index in [1.54, 1.807) is 0 Å². The Bertz CT molecular complexity index is 523. The van der Waals surface area contributed by atoms with Gasteiger partial charge in [0.1, 0.15) is 12.7 Å². The van der Waals surface area contributed by atoms with E-state index in [1.165, 1.54) is 0 Å². The van der Waals surface area contributed by atoms with E-state index in [1.807, 2.05) is 32.9 Å². The number of hydrogen-bond acceptors (Lipinski definition) is 4. The molecule has 0 saturated carbocycles. The number of ether oxygens (including phenoxy) is 2. The summed E-state index contributed by atoms with van der Waals surface area (Å²) in [5, 5.41) is 9.86. The third kappa shape index (κ3) is 6.82. The number of benzene rings is 1. The number of hydrogen-bond donors (Lipinski definition) is 1. The lowest BCUT2D eigenvalue weighted by molar-refractivity contribution is -0.158. The van der Waals surface area contributed by atoms with Crippen molar-refractivity contribution >= 4 is 53.8 Å². The van der Waals surface area contributed by atoms with Gasteiger partial charge >= 0.3 is 5.97 Å². The Morgan fingerprint density at radius 2 is 1.78 bits per heavy atom. The quantitative estimate of drug-likeness (QED) is 0.503. The van der Waals surface area contributed by atoms with E-state index < -0.39 is 11.5 Å². The molecule has 4 nitrogen and oxygen atoms in total. The smallest absolute Gasteiger partial charge is 0.311 e. The maximum absolute atomic E-state index is 11.8. The normalized spacial score (nSPS) is 13.0. The SMILES string of the molecule is CCC(C)(C)C(=O)OCC(O)COCc1c(Br)cc(Br)cc1Br. The highest BCUT2D eigenvalue weighted by atomic mass is 79.9. The van der Waals surface area contributed by atoms with Gasteiger partial charge in [0.15, 0.2) is 0 Å². The van der Waals surface area contributed by atoms with Crippen molar-refractivity contribution in [2.24, 2.45) is 5.41 Å². The predicted molar refractivity (Wildman–Crippen MR) is 100 cm³/mol. The summed E-state index contributed by atoms with van der Waals surface area (Å²) in [5.74, 6) is -0.308. The van der Waals surface area contributed by atoms with Crippen molar-refractivity contribution in [1.29, 1.82) is 0 Å². The molecule has 23 heavy (non-hydrogen) atoms. The predicted octanol–water partition coefficient (Wildman–Crippen LogP) is 4.83. The molecule has 0 saturated heterocycles. The van der Waals surface area contributed by atoms with E-state index >= 15 is 0 Å². The highest BCUT2D eigenvalue weighted by Crippen LogP contribution is 2.30. The van der Waals surface area contributed by atoms with Gasteiger partial charge in [0.25, 0.3) is 0 Å². The van der Waals surface area contributed by atoms with Crippen molar-refractivity contribution in [3.63, 3.8) is 0 Å². The summed E-state index contributed by atoms with van der Waals surface area (Å²) in [5.41, 5.74) is 0.415. The molecule has 0 aromatic heterocycles. The first-order valence-electron chi connectivity index (χ1n) is 7.23. The van der Waals surface area contributed by atoms with Crippen LogP contribution in [0.3, 0.4) is 0 Å². The van der Waals surface area contributed by atoms with Crippen LogP contribution >= 0.6 is 47.8 Å². The van der Waals surface area contributed by atoms with Crippen LogP contribution in [-0.4, -0.2) is 30.4 Å². The molecule has 0 spiro atoms. The summed E-state index contributed by atoms with van der Waals surface area (Å²) in [4.78, 5) is 11.8. The van der Waals surface area contributed by atoms with Crippen LogP contribution in [0.2, 0.25) is 0 Å². The zero-order chi connectivity index (χ0) is 17.6. The molecule has 130 valence electrons. The van der Waals surface area contributed by atoms with E-state index in [9.17, 15) is 9.90 Å². The Morgan fingerprint density at radius 3 is 2.30 bits per heavy atom. The number of aliphatic hydroxyl groups excluding tert-OH is 1. The van der Waals surface area contributed by atoms with Gasteiger partial charge in [-0.15, -0.1) is 0 Å². The summed E-state index contributed by atoms with van der Waals surface area (Å²) in [6.07, 6.45) is -0.163. The average Bonchev–Trinajstić information content (AvgIpc) is 2.47. The highest BCUT2D eigenvalue weighted by molar-refractivity contribution is 9.11. The third-order valence-corrected chi connectivity index (χ3v) is 5.38. The number of halogens is 3. The Labute approximate surface area is 162 Å². The van der Waals surface area contributed by atoms with Gasteiger partial charge in [0.05, 0.1) is 18.6 Å². The van der Waals surface area contributed by atoms with Gasteiger partial charge in [-0.1, -0.05) is 54.7 Å². The van der Waals surface area contributed by atoms with Crippen LogP contribution in [-0.2, 0) is 20.9 Å². The minimum absolute atomic E-state index is 0.0645. The largest absolute Gasteiger partial charge is 0.462 e. The van der Waals surface area contributed by atoms with Crippen LogP contribution in [0.4, 0.5) is 0 Å². The van der Waals surface area contributed by atoms with Crippen LogP contribution in [0.25, 0.3) is 0 Å². The second-order valence-electron chi connectivity index (χ2n) is 5.85. The Kier molecular flexibility index (Phi) is 8.72. The lowest BCUT2D eigenvalue weighted by Gasteiger charge is -2.21. The molecule has 7 heteroatoms. The Hall–Kier alpha value is 0.0500. The molecule has 1 rings (SSSR count). The molecule has 0 aliphatic carbocycles. The number of carbonyl (C=O) groups excluding carboxylic acids is 1. The molecule has 0 heterocycles. The second-order valence-corrected chi connectivity index (χ2v) is 8.48. The van der Waals surface area contributed by atoms with Crippen LogP contribution in [0.5, 0.6) is 0 Å². The van der Waals surface area contributed by atoms with Crippen molar-refractivity contribution in [1.82, 2.24) is 0 Å². The van der Waals surface area contributed by atoms with Crippen molar-refractivity contribution < 1.29 is 19.4 Å². The first-order valence-corrected chi connectivity index (χ1v) is 9.61. The molecule has 0 bridgehead atoms. The van der Waals surface area contributed by atoms with E-state index in [-0.39, 0.29) is 19.2 Å². The number of esters is 1. The molecular formula is C16H21Br3O4. The lowest BCUT2D eigenvalue weighted by Crippen LogP contribution is -2.30. The topological polar surface area (TPSA) is 55.8 Å². The molecule has 0 aliphatic heterocycles. The molecule has 0 amide bonds. The van der Waals surface area contributed by atoms with E-state index in [0.29, 0.717) is 13.0 Å². The molecular weight excluding hydrogens is 496 g/mol. The Morgan fingerprint density at radius 1 is 1.22 bits per heavy atom. The van der Waals surface area contributed by atoms with Gasteiger partial charge in [0.2, 0.25) is 0 Å². The van der Waals surface area contributed by atoms with Crippen LogP contribution in [0.1, 0.15) is 32.8 Å². The summed E-state index contributed by atoms with van der Waals surface area (Å²) in [7, 11) is 0. The summed E-state index contributed by atoms with van der Waals surface area (Å²) >= 11 is 10.4. The zero-order valence-electron chi connectivity index (χ0n) is 13.4. The van der Waals surface area contributed by atoms with E-state index in [2.05, 4.69) is 47.8 Å². The van der Waals surface area contributed by atoms with Gasteiger partial charge in [-0.05, 0) is 32.4 Å². The number of carbonyl (C=O) groups is 1. The molecule has 1 aromatic rings. The fourth-order valence-electron chi connectivity index (χ4n) is 1.57. The molecule has 0 radical (unpaired) electrons. The summed E-state index contributed by atoms with van der Waals surface area (Å²) < 4.78 is 13.4. The molecule has 1 N–H and O–H groups in total. The average molecular weight is 517 g/mol. The molecule has 1 atom stereocenters. The summed E-state index contributed by atoms with van der Waals surface area (Å²) in [6, 6.07) is 3.85. The van der Waals surface area contributed by atoms with Gasteiger partial charge in [0, 0.05) is 19.0 Å². The first-order chi connectivity index (χ1) is 10.7. The third-order valence-electron chi connectivity index (χ3n) is 3.51. The molecule has 1 aromatic carbocycles. The van der Waals surface area contributed by atoms with Crippen molar-refractivity contribution in [3.8, 4) is 0 Å². The van der Waals surface area contributed by atoms with Crippen LogP contribution in [0.15, 0.2) is 25.6 Å². The molecule has 1 unspecified atom stereocenters. The Balaban J connectivity index is 2.40. The van der Waals surface area contributed by atoms with Gasteiger partial charge < -0.3 is 14.6 Å². The molecule has 0 aliphatic rings. The van der Waals surface area contributed by atoms with Gasteiger partial charge in [-0.25, -0.2) is 0 Å². The highest BCUT2D eigenvalue weighted by Gasteiger charge is 2.27. The zero-order valence-corrected chi connectivity index (χ0v) is 18.1. The minimum atomic E-state index is -0.848. The minimum Gasteiger partial charge on any atom is -0.462 e. The number of rotatable bonds is 8. The van der Waals surface area contributed by atoms with Gasteiger partial charge in [-0.2, -0.15) is 0 Å². The van der Waals surface area contributed by atoms with Gasteiger partial charge in [-0.3, -0.25) is 4.79 Å². The van der Waals surface area contributed by atoms with E-state index in [0.717, 1.165) is 19.0 Å². The fraction of sp³-hybridized carbons (Fsp3) is 0.562. The van der Waals surface area contributed by atoms with Crippen molar-refractivity contribution in [2.75, 3.05) is 13.2 Å².